The predicted molar refractivity (Wildman–Crippen MR) is 84.6 cm³/mol. The molecule has 4 nitrogen and oxygen atoms in total. The highest BCUT2D eigenvalue weighted by Crippen LogP contribution is 2.32. The lowest BCUT2D eigenvalue weighted by molar-refractivity contribution is 0.0216. The van der Waals surface area contributed by atoms with Gasteiger partial charge in [-0.05, 0) is 56.3 Å². The minimum absolute atomic E-state index is 0.0316. The van der Waals surface area contributed by atoms with Crippen molar-refractivity contribution in [1.82, 2.24) is 15.2 Å². The Balaban J connectivity index is 1.54. The van der Waals surface area contributed by atoms with Crippen molar-refractivity contribution in [1.29, 1.82) is 0 Å². The van der Waals surface area contributed by atoms with E-state index < -0.39 is 0 Å². The van der Waals surface area contributed by atoms with Gasteiger partial charge in [-0.3, -0.25) is 14.7 Å². The van der Waals surface area contributed by atoms with Crippen LogP contribution in [0.4, 0.5) is 0 Å². The van der Waals surface area contributed by atoms with Crippen molar-refractivity contribution < 1.29 is 4.79 Å². The molecule has 2 atom stereocenters. The smallest absolute Gasteiger partial charge is 0.270 e. The number of rotatable bonds is 2. The third-order valence-electron chi connectivity index (χ3n) is 5.05. The molecular formula is C16H19N3OS. The zero-order valence-corrected chi connectivity index (χ0v) is 12.9. The molecule has 5 rings (SSSR count). The summed E-state index contributed by atoms with van der Waals surface area (Å²) in [6, 6.07) is 4.64. The average Bonchev–Trinajstić information content (AvgIpc) is 2.98. The van der Waals surface area contributed by atoms with Crippen LogP contribution >= 0.6 is 11.3 Å². The van der Waals surface area contributed by atoms with Gasteiger partial charge < -0.3 is 5.32 Å². The predicted octanol–water partition coefficient (Wildman–Crippen LogP) is 2.51. The average molecular weight is 301 g/mol. The standard InChI is InChI=1S/C16H19N3OS/c1-10-15(11-2-5-19(10)6-3-11)18-16(20)13-8-14-12(9-17-13)4-7-21-14/h4,7-11,15H,2-3,5-6H2,1H3,(H,18,20)/t10-,15+/m1/s1. The van der Waals surface area contributed by atoms with Crippen LogP contribution in [-0.2, 0) is 0 Å². The van der Waals surface area contributed by atoms with Crippen molar-refractivity contribution in [3.8, 4) is 0 Å². The van der Waals surface area contributed by atoms with Crippen molar-refractivity contribution in [2.24, 2.45) is 5.92 Å². The van der Waals surface area contributed by atoms with Crippen LogP contribution in [0.3, 0.4) is 0 Å². The molecule has 110 valence electrons. The Morgan fingerprint density at radius 1 is 1.43 bits per heavy atom. The molecule has 0 unspecified atom stereocenters. The molecule has 1 N–H and O–H groups in total. The van der Waals surface area contributed by atoms with Gasteiger partial charge in [-0.1, -0.05) is 0 Å². The molecule has 2 aromatic rings. The van der Waals surface area contributed by atoms with Crippen molar-refractivity contribution in [3.05, 3.63) is 29.4 Å². The molecule has 0 aliphatic carbocycles. The van der Waals surface area contributed by atoms with Gasteiger partial charge in [-0.2, -0.15) is 0 Å². The van der Waals surface area contributed by atoms with Crippen LogP contribution in [0.15, 0.2) is 23.7 Å². The molecule has 2 aromatic heterocycles. The van der Waals surface area contributed by atoms with Gasteiger partial charge in [0.2, 0.25) is 0 Å². The molecule has 3 fully saturated rings. The Morgan fingerprint density at radius 3 is 3.00 bits per heavy atom. The zero-order chi connectivity index (χ0) is 14.4. The second-order valence-corrected chi connectivity index (χ2v) is 7.09. The normalized spacial score (nSPS) is 31.5. The first-order chi connectivity index (χ1) is 10.2. The van der Waals surface area contributed by atoms with E-state index in [9.17, 15) is 4.79 Å². The van der Waals surface area contributed by atoms with Crippen molar-refractivity contribution in [3.63, 3.8) is 0 Å². The van der Waals surface area contributed by atoms with Crippen LogP contribution in [0.25, 0.3) is 10.1 Å². The third kappa shape index (κ3) is 2.24. The highest BCUT2D eigenvalue weighted by Gasteiger charge is 2.40. The van der Waals surface area contributed by atoms with Gasteiger partial charge in [0.1, 0.15) is 5.69 Å². The Bertz CT molecular complexity index is 673. The summed E-state index contributed by atoms with van der Waals surface area (Å²) in [6.45, 7) is 4.58. The van der Waals surface area contributed by atoms with Gasteiger partial charge in [-0.25, -0.2) is 0 Å². The fraction of sp³-hybridized carbons (Fsp3) is 0.500. The number of thiophene rings is 1. The number of fused-ring (bicyclic) bond motifs is 4. The molecule has 5 heteroatoms. The van der Waals surface area contributed by atoms with E-state index >= 15 is 0 Å². The molecule has 3 aliphatic rings. The number of nitrogens with zero attached hydrogens (tertiary/aromatic N) is 2. The third-order valence-corrected chi connectivity index (χ3v) is 5.93. The van der Waals surface area contributed by atoms with Gasteiger partial charge in [0.05, 0.1) is 0 Å². The molecule has 0 radical (unpaired) electrons. The SMILES string of the molecule is C[C@@H]1[C@H](NC(=O)c2cc3sccc3cn2)C2CCN1CC2. The Morgan fingerprint density at radius 2 is 2.24 bits per heavy atom. The summed E-state index contributed by atoms with van der Waals surface area (Å²) < 4.78 is 1.12. The van der Waals surface area contributed by atoms with Crippen LogP contribution in [0.2, 0.25) is 0 Å². The van der Waals surface area contributed by atoms with Crippen LogP contribution in [0.5, 0.6) is 0 Å². The summed E-state index contributed by atoms with van der Waals surface area (Å²) in [5.74, 6) is 0.593. The van der Waals surface area contributed by atoms with Gasteiger partial charge >= 0.3 is 0 Å². The summed E-state index contributed by atoms with van der Waals surface area (Å²) in [7, 11) is 0. The quantitative estimate of drug-likeness (QED) is 0.927. The lowest BCUT2D eigenvalue weighted by Crippen LogP contribution is -2.62. The first-order valence-electron chi connectivity index (χ1n) is 7.60. The second kappa shape index (κ2) is 5.07. The number of pyridine rings is 1. The minimum atomic E-state index is -0.0316. The number of carbonyl (C=O) groups is 1. The highest BCUT2D eigenvalue weighted by atomic mass is 32.1. The van der Waals surface area contributed by atoms with Crippen LogP contribution < -0.4 is 5.32 Å². The summed E-state index contributed by atoms with van der Waals surface area (Å²) in [5, 5.41) is 6.37. The number of aromatic nitrogens is 1. The topological polar surface area (TPSA) is 45.2 Å². The second-order valence-electron chi connectivity index (χ2n) is 6.14. The highest BCUT2D eigenvalue weighted by molar-refractivity contribution is 7.17. The lowest BCUT2D eigenvalue weighted by Gasteiger charge is -2.49. The fourth-order valence-electron chi connectivity index (χ4n) is 3.75. The van der Waals surface area contributed by atoms with Gasteiger partial charge in [0.15, 0.2) is 0 Å². The van der Waals surface area contributed by atoms with Crippen LogP contribution in [0.1, 0.15) is 30.3 Å². The van der Waals surface area contributed by atoms with Crippen molar-refractivity contribution in [2.45, 2.75) is 31.8 Å². The van der Waals surface area contributed by atoms with Crippen LogP contribution in [0, 0.1) is 5.92 Å². The number of amides is 1. The lowest BCUT2D eigenvalue weighted by atomic mass is 9.79. The molecule has 0 saturated carbocycles. The van der Waals surface area contributed by atoms with E-state index in [1.54, 1.807) is 17.5 Å². The monoisotopic (exact) mass is 301 g/mol. The summed E-state index contributed by atoms with van der Waals surface area (Å²) >= 11 is 1.65. The molecular weight excluding hydrogens is 282 g/mol. The zero-order valence-electron chi connectivity index (χ0n) is 12.1. The van der Waals surface area contributed by atoms with Crippen molar-refractivity contribution in [2.75, 3.05) is 13.1 Å². The summed E-state index contributed by atoms with van der Waals surface area (Å²) in [6.07, 6.45) is 4.19. The fourth-order valence-corrected chi connectivity index (χ4v) is 4.55. The minimum Gasteiger partial charge on any atom is -0.346 e. The van der Waals surface area contributed by atoms with E-state index in [4.69, 9.17) is 0 Å². The Kier molecular flexibility index (Phi) is 3.19. The van der Waals surface area contributed by atoms with Gasteiger partial charge in [0, 0.05) is 28.4 Å². The number of piperidine rings is 3. The molecule has 2 bridgehead atoms. The first kappa shape index (κ1) is 13.2. The maximum Gasteiger partial charge on any atom is 0.270 e. The number of hydrogen-bond donors (Lipinski definition) is 1. The summed E-state index contributed by atoms with van der Waals surface area (Å²) in [5.41, 5.74) is 0.536. The number of carbonyl (C=O) groups excluding carboxylic acids is 1. The Labute approximate surface area is 128 Å². The maximum absolute atomic E-state index is 12.5. The van der Waals surface area contributed by atoms with E-state index in [1.807, 2.05) is 17.5 Å². The molecule has 0 spiro atoms. The first-order valence-corrected chi connectivity index (χ1v) is 8.48. The van der Waals surface area contributed by atoms with Gasteiger partial charge in [-0.15, -0.1) is 11.3 Å². The Hall–Kier alpha value is -1.46. The molecule has 3 saturated heterocycles. The van der Waals surface area contributed by atoms with E-state index in [-0.39, 0.29) is 11.9 Å². The molecule has 5 heterocycles. The van der Waals surface area contributed by atoms with Gasteiger partial charge in [0.25, 0.3) is 5.91 Å². The van der Waals surface area contributed by atoms with E-state index in [0.29, 0.717) is 17.7 Å². The maximum atomic E-state index is 12.5. The number of nitrogens with one attached hydrogen (secondary N) is 1. The van der Waals surface area contributed by atoms with E-state index in [1.165, 1.54) is 25.9 Å². The van der Waals surface area contributed by atoms with Crippen LogP contribution in [-0.4, -0.2) is 41.0 Å². The molecule has 3 aliphatic heterocycles. The largest absolute Gasteiger partial charge is 0.346 e. The molecule has 21 heavy (non-hydrogen) atoms. The van der Waals surface area contributed by atoms with E-state index in [0.717, 1.165) is 10.1 Å². The van der Waals surface area contributed by atoms with Crippen molar-refractivity contribution >= 4 is 27.3 Å². The summed E-state index contributed by atoms with van der Waals surface area (Å²) in [4.78, 5) is 19.3. The van der Waals surface area contributed by atoms with E-state index in [2.05, 4.69) is 22.1 Å². The molecule has 1 amide bonds. The molecule has 0 aromatic carbocycles. The number of hydrogen-bond acceptors (Lipinski definition) is 4.